The summed E-state index contributed by atoms with van der Waals surface area (Å²) in [5.74, 6) is 1.27. The molecule has 0 fully saturated rings. The molecule has 3 aromatic rings. The summed E-state index contributed by atoms with van der Waals surface area (Å²) in [6.07, 6.45) is 1.79. The largest absolute Gasteiger partial charge is 0.428 e. The first-order chi connectivity index (χ1) is 13.9. The number of benzene rings is 2. The van der Waals surface area contributed by atoms with Crippen molar-refractivity contribution in [2.45, 2.75) is 26.7 Å². The SMILES string of the molecule is CCN(C)/C=N\c1cc(Cl)c(Oc2nc(C(C)c3ccc(Cl)cc3)ns2)cc1C. The highest BCUT2D eigenvalue weighted by Crippen LogP contribution is 2.36. The van der Waals surface area contributed by atoms with E-state index in [2.05, 4.69) is 21.3 Å². The number of hydrogen-bond acceptors (Lipinski definition) is 5. The molecule has 3 rings (SSSR count). The lowest BCUT2D eigenvalue weighted by atomic mass is 10.0. The van der Waals surface area contributed by atoms with Crippen LogP contribution < -0.4 is 4.74 Å². The van der Waals surface area contributed by atoms with Gasteiger partial charge in [-0.3, -0.25) is 0 Å². The first-order valence-corrected chi connectivity index (χ1v) is 10.7. The van der Waals surface area contributed by atoms with Crippen LogP contribution in [0.5, 0.6) is 10.9 Å². The fraction of sp³-hybridized carbons (Fsp3) is 0.286. The molecule has 1 aromatic heterocycles. The highest BCUT2D eigenvalue weighted by molar-refractivity contribution is 7.07. The Morgan fingerprint density at radius 2 is 1.97 bits per heavy atom. The topological polar surface area (TPSA) is 50.6 Å². The first kappa shape index (κ1) is 21.6. The van der Waals surface area contributed by atoms with E-state index in [1.165, 1.54) is 11.5 Å². The molecule has 0 N–H and O–H groups in total. The van der Waals surface area contributed by atoms with E-state index >= 15 is 0 Å². The van der Waals surface area contributed by atoms with Crippen molar-refractivity contribution in [1.29, 1.82) is 0 Å². The van der Waals surface area contributed by atoms with Crippen molar-refractivity contribution in [2.24, 2.45) is 4.99 Å². The minimum Gasteiger partial charge on any atom is -0.428 e. The molecule has 5 nitrogen and oxygen atoms in total. The Morgan fingerprint density at radius 3 is 2.66 bits per heavy atom. The Labute approximate surface area is 185 Å². The Balaban J connectivity index is 1.76. The van der Waals surface area contributed by atoms with E-state index in [4.69, 9.17) is 27.9 Å². The quantitative estimate of drug-likeness (QED) is 0.297. The van der Waals surface area contributed by atoms with Gasteiger partial charge in [-0.05, 0) is 49.2 Å². The van der Waals surface area contributed by atoms with E-state index in [9.17, 15) is 0 Å². The van der Waals surface area contributed by atoms with Crippen molar-refractivity contribution in [3.05, 3.63) is 63.4 Å². The molecule has 0 radical (unpaired) electrons. The molecule has 29 heavy (non-hydrogen) atoms. The van der Waals surface area contributed by atoms with E-state index < -0.39 is 0 Å². The average molecular weight is 449 g/mol. The van der Waals surface area contributed by atoms with Crippen LogP contribution in [-0.2, 0) is 0 Å². The van der Waals surface area contributed by atoms with Gasteiger partial charge in [-0.25, -0.2) is 4.99 Å². The fourth-order valence-corrected chi connectivity index (χ4v) is 3.49. The van der Waals surface area contributed by atoms with Gasteiger partial charge in [0.25, 0.3) is 5.19 Å². The molecule has 1 atom stereocenters. The van der Waals surface area contributed by atoms with Gasteiger partial charge in [0.2, 0.25) is 0 Å². The molecule has 2 aromatic carbocycles. The third-order valence-electron chi connectivity index (χ3n) is 4.52. The molecular weight excluding hydrogens is 427 g/mol. The zero-order chi connectivity index (χ0) is 21.0. The van der Waals surface area contributed by atoms with Crippen molar-refractivity contribution in [3.8, 4) is 10.9 Å². The molecule has 8 heteroatoms. The number of aryl methyl sites for hydroxylation is 1. The number of halogens is 2. The Morgan fingerprint density at radius 1 is 1.24 bits per heavy atom. The Hall–Kier alpha value is -2.15. The lowest BCUT2D eigenvalue weighted by Crippen LogP contribution is -2.14. The molecule has 0 aliphatic rings. The molecule has 0 spiro atoms. The van der Waals surface area contributed by atoms with Crippen molar-refractivity contribution >= 4 is 46.8 Å². The highest BCUT2D eigenvalue weighted by atomic mass is 35.5. The van der Waals surface area contributed by atoms with E-state index in [1.54, 1.807) is 12.4 Å². The molecule has 0 aliphatic carbocycles. The summed E-state index contributed by atoms with van der Waals surface area (Å²) in [5, 5.41) is 1.63. The number of aromatic nitrogens is 2. The maximum absolute atomic E-state index is 6.41. The van der Waals surface area contributed by atoms with Gasteiger partial charge in [0.15, 0.2) is 5.82 Å². The second-order valence-electron chi connectivity index (χ2n) is 6.68. The number of nitrogens with zero attached hydrogens (tertiary/aromatic N) is 4. The third kappa shape index (κ3) is 5.47. The minimum atomic E-state index is 0.0327. The van der Waals surface area contributed by atoms with Crippen LogP contribution in [0.15, 0.2) is 41.4 Å². The van der Waals surface area contributed by atoms with Gasteiger partial charge < -0.3 is 9.64 Å². The first-order valence-electron chi connectivity index (χ1n) is 9.19. The second kappa shape index (κ2) is 9.57. The van der Waals surface area contributed by atoms with Gasteiger partial charge in [0.05, 0.1) is 17.0 Å². The maximum Gasteiger partial charge on any atom is 0.298 e. The van der Waals surface area contributed by atoms with Gasteiger partial charge in [-0.15, -0.1) is 0 Å². The zero-order valence-electron chi connectivity index (χ0n) is 16.7. The summed E-state index contributed by atoms with van der Waals surface area (Å²) in [6.45, 7) is 6.96. The summed E-state index contributed by atoms with van der Waals surface area (Å²) in [4.78, 5) is 11.0. The molecule has 1 unspecified atom stereocenters. The third-order valence-corrected chi connectivity index (χ3v) is 5.68. The lowest BCUT2D eigenvalue weighted by molar-refractivity contribution is 0.476. The predicted molar refractivity (Wildman–Crippen MR) is 122 cm³/mol. The highest BCUT2D eigenvalue weighted by Gasteiger charge is 2.16. The number of hydrogen-bond donors (Lipinski definition) is 0. The van der Waals surface area contributed by atoms with Crippen LogP contribution in [0.2, 0.25) is 10.0 Å². The van der Waals surface area contributed by atoms with E-state index in [0.717, 1.165) is 23.4 Å². The second-order valence-corrected chi connectivity index (χ2v) is 8.24. The zero-order valence-corrected chi connectivity index (χ0v) is 19.0. The van der Waals surface area contributed by atoms with Gasteiger partial charge in [-0.1, -0.05) is 42.3 Å². The van der Waals surface area contributed by atoms with Crippen molar-refractivity contribution < 1.29 is 4.74 Å². The van der Waals surface area contributed by atoms with Crippen LogP contribution in [0.25, 0.3) is 0 Å². The molecule has 0 saturated carbocycles. The van der Waals surface area contributed by atoms with Crippen LogP contribution in [0.1, 0.15) is 36.7 Å². The summed E-state index contributed by atoms with van der Waals surface area (Å²) < 4.78 is 10.3. The fourth-order valence-electron chi connectivity index (χ4n) is 2.54. The molecule has 1 heterocycles. The average Bonchev–Trinajstić information content (AvgIpc) is 3.17. The smallest absolute Gasteiger partial charge is 0.298 e. The van der Waals surface area contributed by atoms with Gasteiger partial charge in [0.1, 0.15) is 5.75 Å². The van der Waals surface area contributed by atoms with Crippen LogP contribution in [0.4, 0.5) is 5.69 Å². The molecular formula is C21H22Cl2N4OS. The number of ether oxygens (including phenoxy) is 1. The van der Waals surface area contributed by atoms with Crippen molar-refractivity contribution in [1.82, 2.24) is 14.3 Å². The maximum atomic E-state index is 6.41. The molecule has 0 amide bonds. The monoisotopic (exact) mass is 448 g/mol. The van der Waals surface area contributed by atoms with Gasteiger partial charge in [0, 0.05) is 36.1 Å². The minimum absolute atomic E-state index is 0.0327. The standard InChI is InChI=1S/C21H22Cl2N4OS/c1-5-27(4)12-24-18-11-17(23)19(10-13(18)2)28-21-25-20(26-29-21)14(3)15-6-8-16(22)9-7-15/h6-12,14H,5H2,1-4H3/b24-12-. The molecule has 0 bridgehead atoms. The van der Waals surface area contributed by atoms with E-state index in [1.807, 2.05) is 56.1 Å². The number of aliphatic imine (C=N–C) groups is 1. The van der Waals surface area contributed by atoms with E-state index in [-0.39, 0.29) is 5.92 Å². The lowest BCUT2D eigenvalue weighted by Gasteiger charge is -2.10. The summed E-state index contributed by atoms with van der Waals surface area (Å²) in [7, 11) is 1.97. The predicted octanol–water partition coefficient (Wildman–Crippen LogP) is 6.71. The van der Waals surface area contributed by atoms with Crippen LogP contribution >= 0.6 is 34.7 Å². The summed E-state index contributed by atoms with van der Waals surface area (Å²) in [6, 6.07) is 11.3. The molecule has 152 valence electrons. The van der Waals surface area contributed by atoms with Gasteiger partial charge in [-0.2, -0.15) is 9.36 Å². The normalized spacial score (nSPS) is 12.3. The number of rotatable bonds is 7. The summed E-state index contributed by atoms with van der Waals surface area (Å²) >= 11 is 13.6. The molecule has 0 saturated heterocycles. The van der Waals surface area contributed by atoms with Crippen LogP contribution in [-0.4, -0.2) is 34.2 Å². The van der Waals surface area contributed by atoms with Gasteiger partial charge >= 0.3 is 0 Å². The summed E-state index contributed by atoms with van der Waals surface area (Å²) in [5.41, 5.74) is 2.85. The molecule has 0 aliphatic heterocycles. The van der Waals surface area contributed by atoms with Crippen LogP contribution in [0.3, 0.4) is 0 Å². The van der Waals surface area contributed by atoms with Crippen molar-refractivity contribution in [2.75, 3.05) is 13.6 Å². The van der Waals surface area contributed by atoms with Crippen molar-refractivity contribution in [3.63, 3.8) is 0 Å². The van der Waals surface area contributed by atoms with Crippen LogP contribution in [0, 0.1) is 6.92 Å². The Bertz CT molecular complexity index is 1000. The van der Waals surface area contributed by atoms with E-state index in [0.29, 0.717) is 26.8 Å². The Kier molecular flexibility index (Phi) is 7.11.